The number of aromatic nitrogens is 3. The molecule has 0 spiro atoms. The van der Waals surface area contributed by atoms with Gasteiger partial charge in [0.2, 0.25) is 5.91 Å². The molecular weight excluding hydrogens is 302 g/mol. The molecule has 24 heavy (non-hydrogen) atoms. The van der Waals surface area contributed by atoms with Gasteiger partial charge in [0.25, 0.3) is 0 Å². The number of nitrogens with two attached hydrogens (primary N) is 1. The van der Waals surface area contributed by atoms with Crippen molar-refractivity contribution in [3.63, 3.8) is 0 Å². The molecular formula is C18H25N5O. The van der Waals surface area contributed by atoms with Crippen LogP contribution in [-0.2, 0) is 17.8 Å². The van der Waals surface area contributed by atoms with Crippen molar-refractivity contribution < 1.29 is 4.79 Å². The van der Waals surface area contributed by atoms with Crippen LogP contribution in [0.5, 0.6) is 0 Å². The van der Waals surface area contributed by atoms with Crippen LogP contribution in [0, 0.1) is 0 Å². The van der Waals surface area contributed by atoms with Crippen molar-refractivity contribution in [3.8, 4) is 11.4 Å². The van der Waals surface area contributed by atoms with Crippen LogP contribution in [0.1, 0.15) is 44.9 Å². The summed E-state index contributed by atoms with van der Waals surface area (Å²) in [4.78, 5) is 12.1. The van der Waals surface area contributed by atoms with E-state index in [1.807, 2.05) is 31.2 Å². The third-order valence-corrected chi connectivity index (χ3v) is 4.43. The second-order valence-corrected chi connectivity index (χ2v) is 6.37. The van der Waals surface area contributed by atoms with Gasteiger partial charge in [0.05, 0.1) is 6.04 Å². The van der Waals surface area contributed by atoms with E-state index in [0.717, 1.165) is 48.7 Å². The molecule has 0 aliphatic carbocycles. The van der Waals surface area contributed by atoms with Crippen molar-refractivity contribution in [2.24, 2.45) is 5.73 Å². The molecule has 1 aromatic heterocycles. The summed E-state index contributed by atoms with van der Waals surface area (Å²) in [5.41, 5.74) is 7.59. The maximum atomic E-state index is 12.1. The Bertz CT molecular complexity index is 709. The quantitative estimate of drug-likeness (QED) is 0.884. The summed E-state index contributed by atoms with van der Waals surface area (Å²) in [6.45, 7) is 2.97. The van der Waals surface area contributed by atoms with E-state index < -0.39 is 6.04 Å². The van der Waals surface area contributed by atoms with E-state index in [1.165, 1.54) is 12.8 Å². The number of aryl methyl sites for hydroxylation is 1. The molecule has 0 saturated carbocycles. The predicted octanol–water partition coefficient (Wildman–Crippen LogP) is 2.74. The highest BCUT2D eigenvalue weighted by Crippen LogP contribution is 2.24. The first-order valence-corrected chi connectivity index (χ1v) is 8.78. The van der Waals surface area contributed by atoms with Crippen LogP contribution in [0.25, 0.3) is 11.4 Å². The van der Waals surface area contributed by atoms with Crippen molar-refractivity contribution in [1.29, 1.82) is 0 Å². The van der Waals surface area contributed by atoms with E-state index in [1.54, 1.807) is 0 Å². The molecule has 1 amide bonds. The van der Waals surface area contributed by atoms with E-state index in [9.17, 15) is 4.79 Å². The number of carbonyl (C=O) groups excluding carboxylic acids is 1. The summed E-state index contributed by atoms with van der Waals surface area (Å²) in [7, 11) is 0. The van der Waals surface area contributed by atoms with E-state index >= 15 is 0 Å². The van der Waals surface area contributed by atoms with Gasteiger partial charge in [0.15, 0.2) is 5.82 Å². The number of anilines is 1. The Morgan fingerprint density at radius 3 is 3.04 bits per heavy atom. The minimum absolute atomic E-state index is 0.144. The summed E-state index contributed by atoms with van der Waals surface area (Å²) in [5.74, 6) is 1.79. The summed E-state index contributed by atoms with van der Waals surface area (Å²) in [6.07, 6.45) is 6.11. The zero-order valence-electron chi connectivity index (χ0n) is 14.2. The average molecular weight is 327 g/mol. The molecule has 2 heterocycles. The van der Waals surface area contributed by atoms with E-state index in [4.69, 9.17) is 5.73 Å². The van der Waals surface area contributed by atoms with Crippen molar-refractivity contribution in [1.82, 2.24) is 14.8 Å². The molecule has 128 valence electrons. The van der Waals surface area contributed by atoms with Crippen LogP contribution in [0.3, 0.4) is 0 Å². The molecule has 3 N–H and O–H groups in total. The first-order chi connectivity index (χ1) is 11.7. The predicted molar refractivity (Wildman–Crippen MR) is 94.5 cm³/mol. The number of hydrogen-bond donors (Lipinski definition) is 2. The SMILES string of the molecule is CCCC(N)C(=O)Nc1cccc(-c2nnc3n2CCCCC3)c1. The fraction of sp³-hybridized carbons (Fsp3) is 0.500. The number of nitrogens with zero attached hydrogens (tertiary/aromatic N) is 3. The van der Waals surface area contributed by atoms with Crippen molar-refractivity contribution in [2.45, 2.75) is 58.0 Å². The molecule has 1 atom stereocenters. The Kier molecular flexibility index (Phi) is 5.25. The second kappa shape index (κ2) is 7.57. The smallest absolute Gasteiger partial charge is 0.241 e. The highest BCUT2D eigenvalue weighted by Gasteiger charge is 2.17. The number of amides is 1. The van der Waals surface area contributed by atoms with Crippen molar-refractivity contribution >= 4 is 11.6 Å². The van der Waals surface area contributed by atoms with E-state index in [-0.39, 0.29) is 5.91 Å². The third kappa shape index (κ3) is 3.64. The molecule has 0 fully saturated rings. The van der Waals surface area contributed by atoms with Crippen molar-refractivity contribution in [2.75, 3.05) is 5.32 Å². The molecule has 2 aromatic rings. The van der Waals surface area contributed by atoms with Gasteiger partial charge in [-0.2, -0.15) is 0 Å². The van der Waals surface area contributed by atoms with E-state index in [2.05, 4.69) is 20.1 Å². The minimum atomic E-state index is -0.469. The number of hydrogen-bond acceptors (Lipinski definition) is 4. The highest BCUT2D eigenvalue weighted by atomic mass is 16.2. The third-order valence-electron chi connectivity index (χ3n) is 4.43. The maximum absolute atomic E-state index is 12.1. The van der Waals surface area contributed by atoms with Gasteiger partial charge in [-0.3, -0.25) is 4.79 Å². The maximum Gasteiger partial charge on any atom is 0.241 e. The molecule has 0 radical (unpaired) electrons. The zero-order chi connectivity index (χ0) is 16.9. The molecule has 1 aromatic carbocycles. The van der Waals surface area contributed by atoms with Gasteiger partial charge < -0.3 is 15.6 Å². The average Bonchev–Trinajstić information content (AvgIpc) is 2.84. The number of rotatable bonds is 5. The lowest BCUT2D eigenvalue weighted by molar-refractivity contribution is -0.117. The Balaban J connectivity index is 1.81. The van der Waals surface area contributed by atoms with Gasteiger partial charge in [-0.15, -0.1) is 10.2 Å². The fourth-order valence-corrected chi connectivity index (χ4v) is 3.11. The van der Waals surface area contributed by atoms with Crippen LogP contribution in [0.15, 0.2) is 24.3 Å². The Hall–Kier alpha value is -2.21. The largest absolute Gasteiger partial charge is 0.325 e. The van der Waals surface area contributed by atoms with Gasteiger partial charge >= 0.3 is 0 Å². The van der Waals surface area contributed by atoms with Gasteiger partial charge in [-0.05, 0) is 31.4 Å². The molecule has 6 heteroatoms. The number of nitrogens with one attached hydrogen (secondary N) is 1. The van der Waals surface area contributed by atoms with Crippen LogP contribution in [-0.4, -0.2) is 26.7 Å². The lowest BCUT2D eigenvalue weighted by Crippen LogP contribution is -2.35. The molecule has 1 unspecified atom stereocenters. The Labute approximate surface area is 142 Å². The highest BCUT2D eigenvalue weighted by molar-refractivity contribution is 5.95. The van der Waals surface area contributed by atoms with E-state index in [0.29, 0.717) is 6.42 Å². The topological polar surface area (TPSA) is 85.8 Å². The molecule has 0 bridgehead atoms. The number of carbonyl (C=O) groups is 1. The summed E-state index contributed by atoms with van der Waals surface area (Å²) >= 11 is 0. The first-order valence-electron chi connectivity index (χ1n) is 8.78. The standard InChI is InChI=1S/C18H25N5O/c1-2-7-15(19)18(24)20-14-9-6-8-13(12-14)17-22-21-16-10-4-3-5-11-23(16)17/h6,8-9,12,15H,2-5,7,10-11,19H2,1H3,(H,20,24). The molecule has 1 aliphatic rings. The molecule has 6 nitrogen and oxygen atoms in total. The summed E-state index contributed by atoms with van der Waals surface area (Å²) in [6, 6.07) is 7.28. The molecule has 0 saturated heterocycles. The van der Waals surface area contributed by atoms with Crippen molar-refractivity contribution in [3.05, 3.63) is 30.1 Å². The molecule has 1 aliphatic heterocycles. The summed E-state index contributed by atoms with van der Waals surface area (Å²) in [5, 5.41) is 11.6. The minimum Gasteiger partial charge on any atom is -0.325 e. The zero-order valence-corrected chi connectivity index (χ0v) is 14.2. The monoisotopic (exact) mass is 327 g/mol. The Morgan fingerprint density at radius 2 is 2.21 bits per heavy atom. The van der Waals surface area contributed by atoms with Gasteiger partial charge in [0.1, 0.15) is 5.82 Å². The fourth-order valence-electron chi connectivity index (χ4n) is 3.11. The van der Waals surface area contributed by atoms with Gasteiger partial charge in [0, 0.05) is 24.2 Å². The van der Waals surface area contributed by atoms with Crippen LogP contribution in [0.2, 0.25) is 0 Å². The van der Waals surface area contributed by atoms with Gasteiger partial charge in [-0.25, -0.2) is 0 Å². The normalized spacial score (nSPS) is 15.4. The Morgan fingerprint density at radius 1 is 1.33 bits per heavy atom. The summed E-state index contributed by atoms with van der Waals surface area (Å²) < 4.78 is 2.21. The first kappa shape index (κ1) is 16.6. The van der Waals surface area contributed by atoms with Crippen LogP contribution < -0.4 is 11.1 Å². The van der Waals surface area contributed by atoms with Crippen LogP contribution in [0.4, 0.5) is 5.69 Å². The second-order valence-electron chi connectivity index (χ2n) is 6.37. The lowest BCUT2D eigenvalue weighted by Gasteiger charge is -2.12. The van der Waals surface area contributed by atoms with Crippen LogP contribution >= 0.6 is 0 Å². The number of fused-ring (bicyclic) bond motifs is 1. The molecule has 3 rings (SSSR count). The lowest BCUT2D eigenvalue weighted by atomic mass is 10.1. The number of benzene rings is 1. The van der Waals surface area contributed by atoms with Gasteiger partial charge in [-0.1, -0.05) is 31.9 Å².